The lowest BCUT2D eigenvalue weighted by Crippen LogP contribution is -2.28. The molecule has 1 unspecified atom stereocenters. The first-order valence-corrected chi connectivity index (χ1v) is 7.40. The van der Waals surface area contributed by atoms with Gasteiger partial charge in [0.05, 0.1) is 7.11 Å². The molecule has 1 rings (SSSR count). The van der Waals surface area contributed by atoms with Crippen LogP contribution < -0.4 is 16.0 Å². The number of rotatable bonds is 9. The van der Waals surface area contributed by atoms with Crippen LogP contribution in [0.15, 0.2) is 18.2 Å². The number of hydrogen-bond acceptors (Lipinski definition) is 3. The van der Waals surface area contributed by atoms with Gasteiger partial charge in [0.2, 0.25) is 0 Å². The largest absolute Gasteiger partial charge is 0.496 e. The van der Waals surface area contributed by atoms with Crippen molar-refractivity contribution in [2.24, 2.45) is 5.84 Å². The molecule has 0 fully saturated rings. The Morgan fingerprint density at radius 1 is 1.26 bits per heavy atom. The van der Waals surface area contributed by atoms with E-state index in [1.165, 1.54) is 32.1 Å². The summed E-state index contributed by atoms with van der Waals surface area (Å²) in [7, 11) is 1.66. The molecule has 0 spiro atoms. The van der Waals surface area contributed by atoms with Gasteiger partial charge in [-0.3, -0.25) is 11.3 Å². The lowest BCUT2D eigenvalue weighted by atomic mass is 9.99. The third kappa shape index (κ3) is 5.39. The van der Waals surface area contributed by atoms with Crippen molar-refractivity contribution < 1.29 is 4.74 Å². The standard InChI is InChI=1S/C15H25ClN2O/c1-3-4-5-6-7-8-14(18-17)13-10-9-12(16)11-15(13)19-2/h9-11,14,18H,3-8,17H2,1-2H3. The van der Waals surface area contributed by atoms with Gasteiger partial charge >= 0.3 is 0 Å². The second-order valence-electron chi connectivity index (χ2n) is 4.81. The monoisotopic (exact) mass is 284 g/mol. The summed E-state index contributed by atoms with van der Waals surface area (Å²) >= 11 is 5.97. The Bertz CT molecular complexity index is 371. The zero-order chi connectivity index (χ0) is 14.1. The lowest BCUT2D eigenvalue weighted by molar-refractivity contribution is 0.392. The van der Waals surface area contributed by atoms with Crippen LogP contribution in [0.5, 0.6) is 5.75 Å². The number of nitrogens with two attached hydrogens (primary N) is 1. The molecular weight excluding hydrogens is 260 g/mol. The summed E-state index contributed by atoms with van der Waals surface area (Å²) in [5.74, 6) is 6.46. The van der Waals surface area contributed by atoms with E-state index in [-0.39, 0.29) is 6.04 Å². The van der Waals surface area contributed by atoms with Crippen LogP contribution in [0.3, 0.4) is 0 Å². The predicted octanol–water partition coefficient (Wildman–Crippen LogP) is 4.21. The molecule has 1 aromatic carbocycles. The second-order valence-corrected chi connectivity index (χ2v) is 5.24. The maximum absolute atomic E-state index is 5.97. The van der Waals surface area contributed by atoms with Crippen LogP contribution in [0, 0.1) is 0 Å². The van der Waals surface area contributed by atoms with Gasteiger partial charge in [0.15, 0.2) is 0 Å². The highest BCUT2D eigenvalue weighted by atomic mass is 35.5. The van der Waals surface area contributed by atoms with Gasteiger partial charge in [0.25, 0.3) is 0 Å². The first-order valence-electron chi connectivity index (χ1n) is 7.02. The summed E-state index contributed by atoms with van der Waals surface area (Å²) in [6, 6.07) is 5.81. The van der Waals surface area contributed by atoms with Crippen LogP contribution in [0.25, 0.3) is 0 Å². The molecule has 0 aliphatic carbocycles. The minimum Gasteiger partial charge on any atom is -0.496 e. The molecule has 0 aliphatic heterocycles. The molecule has 3 N–H and O–H groups in total. The van der Waals surface area contributed by atoms with Gasteiger partial charge in [-0.25, -0.2) is 0 Å². The highest BCUT2D eigenvalue weighted by Gasteiger charge is 2.14. The van der Waals surface area contributed by atoms with Gasteiger partial charge in [-0.05, 0) is 18.6 Å². The lowest BCUT2D eigenvalue weighted by Gasteiger charge is -2.19. The quantitative estimate of drug-likeness (QED) is 0.406. The Morgan fingerprint density at radius 3 is 2.63 bits per heavy atom. The molecule has 19 heavy (non-hydrogen) atoms. The molecular formula is C15H25ClN2O. The summed E-state index contributed by atoms with van der Waals surface area (Å²) in [5.41, 5.74) is 3.95. The fourth-order valence-electron chi connectivity index (χ4n) is 2.25. The Labute approximate surface area is 121 Å². The number of methoxy groups -OCH3 is 1. The summed E-state index contributed by atoms with van der Waals surface area (Å²) in [4.78, 5) is 0. The van der Waals surface area contributed by atoms with Crippen LogP contribution in [-0.4, -0.2) is 7.11 Å². The van der Waals surface area contributed by atoms with Crippen LogP contribution in [0.2, 0.25) is 5.02 Å². The molecule has 0 bridgehead atoms. The average molecular weight is 285 g/mol. The number of hydrazine groups is 1. The van der Waals surface area contributed by atoms with E-state index in [1.54, 1.807) is 7.11 Å². The Morgan fingerprint density at radius 2 is 2.00 bits per heavy atom. The van der Waals surface area contributed by atoms with E-state index in [9.17, 15) is 0 Å². The van der Waals surface area contributed by atoms with Crippen LogP contribution >= 0.6 is 11.6 Å². The summed E-state index contributed by atoms with van der Waals surface area (Å²) in [6.07, 6.45) is 7.31. The van der Waals surface area contributed by atoms with Gasteiger partial charge in [-0.2, -0.15) is 0 Å². The third-order valence-corrected chi connectivity index (χ3v) is 3.60. The van der Waals surface area contributed by atoms with E-state index < -0.39 is 0 Å². The van der Waals surface area contributed by atoms with Gasteiger partial charge in [-0.15, -0.1) is 0 Å². The summed E-state index contributed by atoms with van der Waals surface area (Å²) in [5, 5.41) is 0.680. The van der Waals surface area contributed by atoms with Crippen molar-refractivity contribution in [3.63, 3.8) is 0 Å². The fraction of sp³-hybridized carbons (Fsp3) is 0.600. The number of halogens is 1. The van der Waals surface area contributed by atoms with E-state index in [0.29, 0.717) is 5.02 Å². The summed E-state index contributed by atoms with van der Waals surface area (Å²) < 4.78 is 5.37. The van der Waals surface area contributed by atoms with Crippen molar-refractivity contribution in [3.8, 4) is 5.75 Å². The Balaban J connectivity index is 2.58. The maximum Gasteiger partial charge on any atom is 0.125 e. The van der Waals surface area contributed by atoms with Gasteiger partial charge < -0.3 is 4.74 Å². The van der Waals surface area contributed by atoms with E-state index >= 15 is 0 Å². The van der Waals surface area contributed by atoms with Crippen molar-refractivity contribution in [3.05, 3.63) is 28.8 Å². The molecule has 0 aliphatic rings. The second kappa shape index (κ2) is 9.18. The molecule has 0 aromatic heterocycles. The molecule has 108 valence electrons. The van der Waals surface area contributed by atoms with Crippen molar-refractivity contribution in [1.29, 1.82) is 0 Å². The summed E-state index contributed by atoms with van der Waals surface area (Å²) in [6.45, 7) is 2.23. The Hall–Kier alpha value is -0.770. The third-order valence-electron chi connectivity index (χ3n) is 3.37. The molecule has 1 atom stereocenters. The van der Waals surface area contributed by atoms with Crippen LogP contribution in [0.4, 0.5) is 0 Å². The average Bonchev–Trinajstić information content (AvgIpc) is 2.43. The normalized spacial score (nSPS) is 12.4. The minimum atomic E-state index is 0.119. The topological polar surface area (TPSA) is 47.3 Å². The first-order chi connectivity index (χ1) is 9.22. The molecule has 0 amide bonds. The van der Waals surface area contributed by atoms with E-state index in [0.717, 1.165) is 17.7 Å². The van der Waals surface area contributed by atoms with Gasteiger partial charge in [0, 0.05) is 16.6 Å². The molecule has 4 heteroatoms. The van der Waals surface area contributed by atoms with E-state index in [1.807, 2.05) is 18.2 Å². The number of hydrogen-bond donors (Lipinski definition) is 2. The number of benzene rings is 1. The van der Waals surface area contributed by atoms with E-state index in [2.05, 4.69) is 12.3 Å². The zero-order valence-electron chi connectivity index (χ0n) is 11.9. The highest BCUT2D eigenvalue weighted by molar-refractivity contribution is 6.30. The zero-order valence-corrected chi connectivity index (χ0v) is 12.7. The fourth-order valence-corrected chi connectivity index (χ4v) is 2.42. The van der Waals surface area contributed by atoms with E-state index in [4.69, 9.17) is 22.2 Å². The predicted molar refractivity (Wildman–Crippen MR) is 81.4 cm³/mol. The number of nitrogens with one attached hydrogen (secondary N) is 1. The molecule has 1 aromatic rings. The maximum atomic E-state index is 5.97. The number of unbranched alkanes of at least 4 members (excludes halogenated alkanes) is 4. The van der Waals surface area contributed by atoms with Gasteiger partial charge in [0.1, 0.15) is 5.75 Å². The first kappa shape index (κ1) is 16.3. The Kier molecular flexibility index (Phi) is 7.87. The smallest absolute Gasteiger partial charge is 0.125 e. The molecule has 0 saturated carbocycles. The minimum absolute atomic E-state index is 0.119. The molecule has 0 heterocycles. The SMILES string of the molecule is CCCCCCCC(NN)c1ccc(Cl)cc1OC. The van der Waals surface area contributed by atoms with Crippen molar-refractivity contribution in [2.75, 3.05) is 7.11 Å². The van der Waals surface area contributed by atoms with Crippen molar-refractivity contribution in [1.82, 2.24) is 5.43 Å². The molecule has 0 saturated heterocycles. The molecule has 0 radical (unpaired) electrons. The van der Waals surface area contributed by atoms with Crippen LogP contribution in [0.1, 0.15) is 57.1 Å². The van der Waals surface area contributed by atoms with Crippen LogP contribution in [-0.2, 0) is 0 Å². The molecule has 3 nitrogen and oxygen atoms in total. The highest BCUT2D eigenvalue weighted by Crippen LogP contribution is 2.30. The number of ether oxygens (including phenoxy) is 1. The van der Waals surface area contributed by atoms with Gasteiger partial charge in [-0.1, -0.05) is 56.7 Å². The van der Waals surface area contributed by atoms with Crippen molar-refractivity contribution in [2.45, 2.75) is 51.5 Å². The van der Waals surface area contributed by atoms with Crippen molar-refractivity contribution >= 4 is 11.6 Å².